The first-order valence-electron chi connectivity index (χ1n) is 5.95. The van der Waals surface area contributed by atoms with Gasteiger partial charge in [-0.2, -0.15) is 13.2 Å². The third-order valence-electron chi connectivity index (χ3n) is 3.50. The lowest BCUT2D eigenvalue weighted by atomic mass is 9.77. The van der Waals surface area contributed by atoms with Gasteiger partial charge in [0.15, 0.2) is 0 Å². The molecule has 0 bridgehead atoms. The van der Waals surface area contributed by atoms with Crippen LogP contribution in [0.3, 0.4) is 0 Å². The van der Waals surface area contributed by atoms with Crippen molar-refractivity contribution in [2.45, 2.75) is 57.7 Å². The fraction of sp³-hybridized carbons (Fsp3) is 1.00. The first-order chi connectivity index (χ1) is 7.42. The Bertz CT molecular complexity index is 206. The zero-order chi connectivity index (χ0) is 12.2. The second kappa shape index (κ2) is 5.87. The molecule has 0 aromatic heterocycles. The highest BCUT2D eigenvalue weighted by Crippen LogP contribution is 2.33. The summed E-state index contributed by atoms with van der Waals surface area (Å²) in [7, 11) is 0. The van der Waals surface area contributed by atoms with E-state index < -0.39 is 12.6 Å². The van der Waals surface area contributed by atoms with E-state index in [-0.39, 0.29) is 12.5 Å². The van der Waals surface area contributed by atoms with Gasteiger partial charge in [0.2, 0.25) is 0 Å². The van der Waals surface area contributed by atoms with Crippen LogP contribution >= 0.6 is 0 Å². The smallest absolute Gasteiger partial charge is 0.271 e. The zero-order valence-electron chi connectivity index (χ0n) is 9.69. The van der Waals surface area contributed by atoms with Crippen LogP contribution in [0.5, 0.6) is 0 Å². The van der Waals surface area contributed by atoms with Crippen molar-refractivity contribution in [1.82, 2.24) is 5.43 Å². The minimum atomic E-state index is -4.07. The first-order valence-corrected chi connectivity index (χ1v) is 5.95. The van der Waals surface area contributed by atoms with Crippen LogP contribution in [0.4, 0.5) is 13.2 Å². The van der Waals surface area contributed by atoms with Crippen molar-refractivity contribution in [1.29, 1.82) is 0 Å². The normalized spacial score (nSPS) is 29.1. The Labute approximate surface area is 94.7 Å². The molecule has 3 unspecified atom stereocenters. The molecule has 0 heterocycles. The van der Waals surface area contributed by atoms with Gasteiger partial charge in [0, 0.05) is 12.5 Å². The third-order valence-corrected chi connectivity index (χ3v) is 3.50. The number of halogens is 3. The molecule has 16 heavy (non-hydrogen) atoms. The quantitative estimate of drug-likeness (QED) is 0.583. The van der Waals surface area contributed by atoms with Gasteiger partial charge in [-0.05, 0) is 31.1 Å². The van der Waals surface area contributed by atoms with Crippen LogP contribution in [0.2, 0.25) is 0 Å². The van der Waals surface area contributed by atoms with Crippen molar-refractivity contribution < 1.29 is 13.2 Å². The van der Waals surface area contributed by atoms with E-state index in [0.717, 1.165) is 19.3 Å². The highest BCUT2D eigenvalue weighted by Gasteiger charge is 2.32. The van der Waals surface area contributed by atoms with Crippen LogP contribution in [0.15, 0.2) is 0 Å². The molecule has 3 N–H and O–H groups in total. The SMILES string of the molecule is CC1CCCC(C(CCC(F)(F)F)NN)C1. The van der Waals surface area contributed by atoms with Crippen molar-refractivity contribution in [3.8, 4) is 0 Å². The lowest BCUT2D eigenvalue weighted by Gasteiger charge is -2.33. The van der Waals surface area contributed by atoms with Gasteiger partial charge < -0.3 is 0 Å². The fourth-order valence-corrected chi connectivity index (χ4v) is 2.62. The molecule has 5 heteroatoms. The largest absolute Gasteiger partial charge is 0.389 e. The maximum absolute atomic E-state index is 12.1. The minimum absolute atomic E-state index is 0.0946. The summed E-state index contributed by atoms with van der Waals surface area (Å²) in [6.45, 7) is 2.16. The Balaban J connectivity index is 2.40. The lowest BCUT2D eigenvalue weighted by molar-refractivity contribution is -0.137. The Hall–Kier alpha value is -0.290. The number of hydrogen-bond donors (Lipinski definition) is 2. The van der Waals surface area contributed by atoms with Crippen molar-refractivity contribution in [2.75, 3.05) is 0 Å². The molecule has 0 aliphatic heterocycles. The first kappa shape index (κ1) is 13.8. The second-order valence-electron chi connectivity index (χ2n) is 4.96. The molecule has 2 nitrogen and oxygen atoms in total. The molecule has 0 radical (unpaired) electrons. The van der Waals surface area contributed by atoms with Crippen LogP contribution in [0.1, 0.15) is 45.4 Å². The summed E-state index contributed by atoms with van der Waals surface area (Å²) >= 11 is 0. The van der Waals surface area contributed by atoms with E-state index in [4.69, 9.17) is 5.84 Å². The van der Waals surface area contributed by atoms with E-state index in [1.165, 1.54) is 6.42 Å². The maximum Gasteiger partial charge on any atom is 0.389 e. The summed E-state index contributed by atoms with van der Waals surface area (Å²) in [5, 5.41) is 0. The van der Waals surface area contributed by atoms with Gasteiger partial charge in [0.1, 0.15) is 0 Å². The molecule has 0 spiro atoms. The number of alkyl halides is 3. The summed E-state index contributed by atoms with van der Waals surface area (Å²) < 4.78 is 36.4. The second-order valence-corrected chi connectivity index (χ2v) is 4.96. The standard InChI is InChI=1S/C11H21F3N2/c1-8-3-2-4-9(7-8)10(16-15)5-6-11(12,13)14/h8-10,16H,2-7,15H2,1H3. The van der Waals surface area contributed by atoms with Crippen LogP contribution in [0, 0.1) is 11.8 Å². The van der Waals surface area contributed by atoms with E-state index in [0.29, 0.717) is 11.8 Å². The summed E-state index contributed by atoms with van der Waals surface area (Å²) in [6, 6.07) is -0.190. The topological polar surface area (TPSA) is 38.0 Å². The average molecular weight is 238 g/mol. The number of hydrogen-bond acceptors (Lipinski definition) is 2. The molecule has 0 aromatic carbocycles. The van der Waals surface area contributed by atoms with Crippen LogP contribution in [-0.2, 0) is 0 Å². The zero-order valence-corrected chi connectivity index (χ0v) is 9.69. The van der Waals surface area contributed by atoms with Crippen molar-refractivity contribution in [3.63, 3.8) is 0 Å². The molecule has 1 aliphatic rings. The predicted molar refractivity (Wildman–Crippen MR) is 57.5 cm³/mol. The average Bonchev–Trinajstić information content (AvgIpc) is 2.17. The highest BCUT2D eigenvalue weighted by atomic mass is 19.4. The maximum atomic E-state index is 12.1. The van der Waals surface area contributed by atoms with Gasteiger partial charge in [0.05, 0.1) is 0 Å². The van der Waals surface area contributed by atoms with E-state index in [9.17, 15) is 13.2 Å². The van der Waals surface area contributed by atoms with Gasteiger partial charge in [-0.3, -0.25) is 11.3 Å². The number of hydrazine groups is 1. The van der Waals surface area contributed by atoms with Crippen LogP contribution in [0.25, 0.3) is 0 Å². The van der Waals surface area contributed by atoms with E-state index >= 15 is 0 Å². The predicted octanol–water partition coefficient (Wildman–Crippen LogP) is 2.99. The monoisotopic (exact) mass is 238 g/mol. The summed E-state index contributed by atoms with van der Waals surface area (Å²) in [4.78, 5) is 0. The van der Waals surface area contributed by atoms with Gasteiger partial charge >= 0.3 is 6.18 Å². The molecule has 1 rings (SSSR count). The van der Waals surface area contributed by atoms with E-state index in [1.807, 2.05) is 0 Å². The van der Waals surface area contributed by atoms with Gasteiger partial charge in [-0.25, -0.2) is 0 Å². The van der Waals surface area contributed by atoms with E-state index in [1.54, 1.807) is 0 Å². The Morgan fingerprint density at radius 1 is 1.38 bits per heavy atom. The molecule has 1 saturated carbocycles. The molecule has 0 amide bonds. The molecular formula is C11H21F3N2. The molecular weight excluding hydrogens is 217 g/mol. The molecule has 0 saturated heterocycles. The number of rotatable bonds is 4. The van der Waals surface area contributed by atoms with Gasteiger partial charge in [-0.15, -0.1) is 0 Å². The number of nitrogens with two attached hydrogens (primary N) is 1. The van der Waals surface area contributed by atoms with Crippen molar-refractivity contribution in [3.05, 3.63) is 0 Å². The van der Waals surface area contributed by atoms with Gasteiger partial charge in [-0.1, -0.05) is 19.8 Å². The summed E-state index contributed by atoms with van der Waals surface area (Å²) in [6.07, 6.45) is -0.438. The number of nitrogens with one attached hydrogen (secondary N) is 1. The lowest BCUT2D eigenvalue weighted by Crippen LogP contribution is -2.43. The van der Waals surface area contributed by atoms with Crippen LogP contribution < -0.4 is 11.3 Å². The molecule has 1 aliphatic carbocycles. The van der Waals surface area contributed by atoms with Crippen molar-refractivity contribution in [2.24, 2.45) is 17.7 Å². The Kier molecular flexibility index (Phi) is 5.05. The summed E-state index contributed by atoms with van der Waals surface area (Å²) in [5.74, 6) is 6.27. The highest BCUT2D eigenvalue weighted by molar-refractivity contribution is 4.80. The fourth-order valence-electron chi connectivity index (χ4n) is 2.62. The Morgan fingerprint density at radius 2 is 2.06 bits per heavy atom. The molecule has 0 aromatic rings. The Morgan fingerprint density at radius 3 is 2.56 bits per heavy atom. The van der Waals surface area contributed by atoms with Crippen LogP contribution in [-0.4, -0.2) is 12.2 Å². The molecule has 3 atom stereocenters. The third kappa shape index (κ3) is 4.70. The van der Waals surface area contributed by atoms with Crippen molar-refractivity contribution >= 4 is 0 Å². The van der Waals surface area contributed by atoms with E-state index in [2.05, 4.69) is 12.3 Å². The molecule has 1 fully saturated rings. The van der Waals surface area contributed by atoms with Gasteiger partial charge in [0.25, 0.3) is 0 Å². The molecule has 96 valence electrons. The minimum Gasteiger partial charge on any atom is -0.271 e. The summed E-state index contributed by atoms with van der Waals surface area (Å²) in [5.41, 5.74) is 2.56.